The Morgan fingerprint density at radius 2 is 1.73 bits per heavy atom. The fraction of sp³-hybridized carbons (Fsp3) is 0.571. The number of carbonyl (C=O) groups excluding carboxylic acids is 1. The van der Waals surface area contributed by atoms with E-state index in [1.807, 2.05) is 12.1 Å². The van der Waals surface area contributed by atoms with Crippen LogP contribution in [-0.2, 0) is 4.79 Å². The van der Waals surface area contributed by atoms with E-state index in [1.165, 1.54) is 38.4 Å². The Kier molecular flexibility index (Phi) is 3.84. The largest absolute Gasteiger partial charge is 0.349 e. The van der Waals surface area contributed by atoms with Crippen LogP contribution in [-0.4, -0.2) is 20.7 Å². The molecule has 4 saturated carbocycles. The highest BCUT2D eigenvalue weighted by atomic mass is 16.2. The molecule has 5 heteroatoms. The third kappa shape index (κ3) is 2.74. The summed E-state index contributed by atoms with van der Waals surface area (Å²) in [5, 5.41) is 7.45. The number of nitrogens with one attached hydrogen (secondary N) is 1. The van der Waals surface area contributed by atoms with Crippen LogP contribution in [0.25, 0.3) is 5.69 Å². The average molecular weight is 350 g/mol. The number of aromatic nitrogens is 3. The molecule has 4 aliphatic carbocycles. The Balaban J connectivity index is 1.26. The van der Waals surface area contributed by atoms with Crippen LogP contribution in [0.2, 0.25) is 0 Å². The molecule has 6 rings (SSSR count). The summed E-state index contributed by atoms with van der Waals surface area (Å²) in [7, 11) is 0. The molecule has 2 aromatic rings. The molecule has 5 nitrogen and oxygen atoms in total. The maximum absolute atomic E-state index is 13.0. The molecular weight excluding hydrogens is 324 g/mol. The molecule has 1 aromatic carbocycles. The molecule has 0 saturated heterocycles. The van der Waals surface area contributed by atoms with E-state index in [9.17, 15) is 4.79 Å². The van der Waals surface area contributed by atoms with Crippen LogP contribution in [0, 0.1) is 29.6 Å². The molecule has 26 heavy (non-hydrogen) atoms. The van der Waals surface area contributed by atoms with Gasteiger partial charge in [0, 0.05) is 5.92 Å². The number of hydrogen-bond acceptors (Lipinski definition) is 3. The van der Waals surface area contributed by atoms with E-state index in [0.717, 1.165) is 23.1 Å². The van der Waals surface area contributed by atoms with Gasteiger partial charge in [-0.05, 0) is 80.4 Å². The van der Waals surface area contributed by atoms with E-state index in [4.69, 9.17) is 0 Å². The smallest absolute Gasteiger partial charge is 0.224 e. The predicted octanol–water partition coefficient (Wildman–Crippen LogP) is 3.52. The van der Waals surface area contributed by atoms with E-state index in [2.05, 4.69) is 34.5 Å². The third-order valence-electron chi connectivity index (χ3n) is 6.96. The summed E-state index contributed by atoms with van der Waals surface area (Å²) in [4.78, 5) is 17.0. The Hall–Kier alpha value is -2.17. The molecule has 136 valence electrons. The zero-order valence-electron chi connectivity index (χ0n) is 15.2. The minimum absolute atomic E-state index is 0.0319. The van der Waals surface area contributed by atoms with Gasteiger partial charge in [0.25, 0.3) is 0 Å². The molecule has 0 radical (unpaired) electrons. The number of hydrogen-bond donors (Lipinski definition) is 1. The first-order valence-electron chi connectivity index (χ1n) is 9.92. The van der Waals surface area contributed by atoms with Gasteiger partial charge in [-0.2, -0.15) is 5.10 Å². The molecule has 0 aliphatic heterocycles. The van der Waals surface area contributed by atoms with E-state index in [1.54, 1.807) is 11.0 Å². The van der Waals surface area contributed by atoms with Gasteiger partial charge in [-0.1, -0.05) is 12.1 Å². The normalized spacial score (nSPS) is 33.2. The Morgan fingerprint density at radius 3 is 2.31 bits per heavy atom. The van der Waals surface area contributed by atoms with Gasteiger partial charge in [-0.15, -0.1) is 0 Å². The van der Waals surface area contributed by atoms with Crippen LogP contribution in [0.15, 0.2) is 36.9 Å². The van der Waals surface area contributed by atoms with Crippen molar-refractivity contribution in [1.82, 2.24) is 20.1 Å². The number of carbonyl (C=O) groups is 1. The predicted molar refractivity (Wildman–Crippen MR) is 98.5 cm³/mol. The van der Waals surface area contributed by atoms with Crippen molar-refractivity contribution in [3.05, 3.63) is 42.5 Å². The molecule has 1 amide bonds. The second-order valence-corrected chi connectivity index (χ2v) is 8.62. The molecule has 1 aromatic heterocycles. The zero-order valence-corrected chi connectivity index (χ0v) is 15.2. The maximum atomic E-state index is 13.0. The first kappa shape index (κ1) is 16.0. The lowest BCUT2D eigenvalue weighted by atomic mass is 9.51. The molecule has 0 spiro atoms. The molecule has 1 N–H and O–H groups in total. The minimum Gasteiger partial charge on any atom is -0.349 e. The quantitative estimate of drug-likeness (QED) is 0.918. The highest BCUT2D eigenvalue weighted by Crippen LogP contribution is 2.56. The highest BCUT2D eigenvalue weighted by molar-refractivity contribution is 5.80. The Labute approximate surface area is 154 Å². The summed E-state index contributed by atoms with van der Waals surface area (Å²) in [6.07, 6.45) is 9.78. The molecular formula is C21H26N4O. The highest BCUT2D eigenvalue weighted by Gasteiger charge is 2.50. The van der Waals surface area contributed by atoms with Crippen molar-refractivity contribution in [3.63, 3.8) is 0 Å². The molecule has 4 fully saturated rings. The first-order valence-corrected chi connectivity index (χ1v) is 9.92. The summed E-state index contributed by atoms with van der Waals surface area (Å²) < 4.78 is 1.74. The number of nitrogens with zero attached hydrogens (tertiary/aromatic N) is 3. The van der Waals surface area contributed by atoms with Gasteiger partial charge in [0.05, 0.1) is 11.7 Å². The van der Waals surface area contributed by atoms with Gasteiger partial charge in [0.2, 0.25) is 5.91 Å². The average Bonchev–Trinajstić information content (AvgIpc) is 3.15. The van der Waals surface area contributed by atoms with Crippen LogP contribution in [0.4, 0.5) is 0 Å². The van der Waals surface area contributed by atoms with Gasteiger partial charge in [0.1, 0.15) is 12.7 Å². The lowest BCUT2D eigenvalue weighted by Gasteiger charge is -2.53. The van der Waals surface area contributed by atoms with Crippen LogP contribution in [0.3, 0.4) is 0 Å². The van der Waals surface area contributed by atoms with E-state index >= 15 is 0 Å². The van der Waals surface area contributed by atoms with Crippen molar-refractivity contribution < 1.29 is 4.79 Å². The standard InChI is InChI=1S/C21H26N4O/c1-13(16-2-4-19(5-3-16)25-12-22-11-23-25)24-21(26)20-17-7-14-6-15(9-17)10-18(20)8-14/h2-5,11-15,17-18,20H,6-10H2,1H3,(H,24,26). The van der Waals surface area contributed by atoms with Crippen molar-refractivity contribution in [2.75, 3.05) is 0 Å². The maximum Gasteiger partial charge on any atom is 0.224 e. The summed E-state index contributed by atoms with van der Waals surface area (Å²) in [5.74, 6) is 3.61. The van der Waals surface area contributed by atoms with Crippen LogP contribution in [0.5, 0.6) is 0 Å². The first-order chi connectivity index (χ1) is 12.7. The third-order valence-corrected chi connectivity index (χ3v) is 6.96. The Morgan fingerprint density at radius 1 is 1.08 bits per heavy atom. The van der Waals surface area contributed by atoms with Gasteiger partial charge < -0.3 is 5.32 Å². The van der Waals surface area contributed by atoms with Crippen LogP contribution in [0.1, 0.15) is 50.6 Å². The van der Waals surface area contributed by atoms with E-state index in [0.29, 0.717) is 11.8 Å². The summed E-state index contributed by atoms with van der Waals surface area (Å²) in [6, 6.07) is 8.22. The van der Waals surface area contributed by atoms with Gasteiger partial charge in [0.15, 0.2) is 0 Å². The fourth-order valence-electron chi connectivity index (χ4n) is 6.00. The molecule has 1 heterocycles. The summed E-state index contributed by atoms with van der Waals surface area (Å²) >= 11 is 0. The lowest BCUT2D eigenvalue weighted by molar-refractivity contribution is -0.138. The Bertz CT molecular complexity index is 755. The SMILES string of the molecule is CC(NC(=O)C1C2CC3CC(C2)CC1C3)c1ccc(-n2cncn2)cc1. The van der Waals surface area contributed by atoms with Gasteiger partial charge >= 0.3 is 0 Å². The number of benzene rings is 1. The van der Waals surface area contributed by atoms with Gasteiger partial charge in [-0.25, -0.2) is 9.67 Å². The lowest BCUT2D eigenvalue weighted by Crippen LogP contribution is -2.51. The number of amides is 1. The van der Waals surface area contributed by atoms with E-state index < -0.39 is 0 Å². The van der Waals surface area contributed by atoms with Crippen molar-refractivity contribution in [1.29, 1.82) is 0 Å². The van der Waals surface area contributed by atoms with Crippen LogP contribution >= 0.6 is 0 Å². The summed E-state index contributed by atoms with van der Waals surface area (Å²) in [5.41, 5.74) is 2.11. The fourth-order valence-corrected chi connectivity index (χ4v) is 6.00. The summed E-state index contributed by atoms with van der Waals surface area (Å²) in [6.45, 7) is 2.08. The molecule has 1 atom stereocenters. The monoisotopic (exact) mass is 350 g/mol. The van der Waals surface area contributed by atoms with E-state index in [-0.39, 0.29) is 17.9 Å². The van der Waals surface area contributed by atoms with Crippen molar-refractivity contribution >= 4 is 5.91 Å². The van der Waals surface area contributed by atoms with Crippen LogP contribution < -0.4 is 5.32 Å². The van der Waals surface area contributed by atoms with Crippen molar-refractivity contribution in [2.24, 2.45) is 29.6 Å². The molecule has 4 bridgehead atoms. The number of rotatable bonds is 4. The second-order valence-electron chi connectivity index (χ2n) is 8.62. The molecule has 4 aliphatic rings. The van der Waals surface area contributed by atoms with Gasteiger partial charge in [-0.3, -0.25) is 4.79 Å². The molecule has 1 unspecified atom stereocenters. The second kappa shape index (κ2) is 6.22. The topological polar surface area (TPSA) is 59.8 Å². The van der Waals surface area contributed by atoms with Crippen molar-refractivity contribution in [2.45, 2.75) is 45.1 Å². The minimum atomic E-state index is 0.0319. The van der Waals surface area contributed by atoms with Crippen molar-refractivity contribution in [3.8, 4) is 5.69 Å². The zero-order chi connectivity index (χ0) is 17.7.